The van der Waals surface area contributed by atoms with Gasteiger partial charge in [-0.3, -0.25) is 0 Å². The van der Waals surface area contributed by atoms with E-state index in [0.717, 1.165) is 32.1 Å². The highest BCUT2D eigenvalue weighted by molar-refractivity contribution is 5.85. The van der Waals surface area contributed by atoms with Gasteiger partial charge in [-0.1, -0.05) is 25.7 Å². The molecule has 1 amide bonds. The molecule has 5 N–H and O–H groups in total. The molecule has 130 valence electrons. The molecule has 0 radical (unpaired) electrons. The first-order valence-corrected chi connectivity index (χ1v) is 7.42. The summed E-state index contributed by atoms with van der Waals surface area (Å²) in [6, 6.07) is 0.348. The molecule has 7 heteroatoms. The molecule has 0 fully saturated rings. The third-order valence-corrected chi connectivity index (χ3v) is 3.21. The number of hydrogen-bond donors (Lipinski definition) is 3. The van der Waals surface area contributed by atoms with Crippen molar-refractivity contribution in [2.45, 2.75) is 70.9 Å². The molecule has 0 aromatic heterocycles. The van der Waals surface area contributed by atoms with Crippen LogP contribution in [0.15, 0.2) is 0 Å². The second kappa shape index (κ2) is 16.1. The van der Waals surface area contributed by atoms with Crippen LogP contribution < -0.4 is 11.5 Å². The zero-order chi connectivity index (χ0) is 14.7. The van der Waals surface area contributed by atoms with E-state index in [9.17, 15) is 4.79 Å². The Morgan fingerprint density at radius 1 is 0.905 bits per heavy atom. The van der Waals surface area contributed by atoms with Crippen molar-refractivity contribution in [1.82, 2.24) is 4.90 Å². The van der Waals surface area contributed by atoms with E-state index in [2.05, 4.69) is 0 Å². The molecule has 0 aromatic carbocycles. The summed E-state index contributed by atoms with van der Waals surface area (Å²) in [4.78, 5) is 12.5. The van der Waals surface area contributed by atoms with Gasteiger partial charge in [0, 0.05) is 25.2 Å². The Labute approximate surface area is 141 Å². The molecule has 0 heterocycles. The maximum Gasteiger partial charge on any atom is 0.407 e. The Morgan fingerprint density at radius 3 is 1.86 bits per heavy atom. The lowest BCUT2D eigenvalue weighted by molar-refractivity contribution is 0.142. The van der Waals surface area contributed by atoms with E-state index in [1.165, 1.54) is 17.7 Å². The SMILES string of the molecule is CC(N)CCCCCCCN(CCC(C)N)C(=O)O.Cl.Cl. The van der Waals surface area contributed by atoms with Crippen LogP contribution >= 0.6 is 24.8 Å². The number of unbranched alkanes of at least 4 members (excludes halogenated alkanes) is 4. The smallest absolute Gasteiger partial charge is 0.407 e. The molecule has 0 aromatic rings. The van der Waals surface area contributed by atoms with Crippen molar-refractivity contribution in [2.75, 3.05) is 13.1 Å². The standard InChI is InChI=1S/C14H31N3O2.2ClH/c1-12(15)8-6-4-3-5-7-10-17(14(18)19)11-9-13(2)16;;/h12-13H,3-11,15-16H2,1-2H3,(H,18,19);2*1H. The van der Waals surface area contributed by atoms with Crippen LogP contribution in [0.1, 0.15) is 58.8 Å². The summed E-state index contributed by atoms with van der Waals surface area (Å²) >= 11 is 0. The van der Waals surface area contributed by atoms with Gasteiger partial charge in [-0.25, -0.2) is 4.79 Å². The average molecular weight is 346 g/mol. The van der Waals surface area contributed by atoms with Gasteiger partial charge in [0.2, 0.25) is 0 Å². The fourth-order valence-corrected chi connectivity index (χ4v) is 1.96. The first-order valence-electron chi connectivity index (χ1n) is 7.42. The van der Waals surface area contributed by atoms with Gasteiger partial charge in [-0.15, -0.1) is 24.8 Å². The molecule has 5 nitrogen and oxygen atoms in total. The van der Waals surface area contributed by atoms with Crippen molar-refractivity contribution in [1.29, 1.82) is 0 Å². The van der Waals surface area contributed by atoms with Crippen LogP contribution in [-0.4, -0.2) is 41.3 Å². The third kappa shape index (κ3) is 17.7. The van der Waals surface area contributed by atoms with Crippen molar-refractivity contribution in [2.24, 2.45) is 11.5 Å². The summed E-state index contributed by atoms with van der Waals surface area (Å²) in [6.45, 7) is 5.09. The van der Waals surface area contributed by atoms with Gasteiger partial charge < -0.3 is 21.5 Å². The quantitative estimate of drug-likeness (QED) is 0.501. The van der Waals surface area contributed by atoms with Crippen molar-refractivity contribution >= 4 is 30.9 Å². The van der Waals surface area contributed by atoms with Crippen molar-refractivity contribution < 1.29 is 9.90 Å². The number of halogens is 2. The third-order valence-electron chi connectivity index (χ3n) is 3.21. The fourth-order valence-electron chi connectivity index (χ4n) is 1.96. The minimum atomic E-state index is -0.836. The number of nitrogens with two attached hydrogens (primary N) is 2. The molecule has 21 heavy (non-hydrogen) atoms. The van der Waals surface area contributed by atoms with Crippen LogP contribution in [-0.2, 0) is 0 Å². The van der Waals surface area contributed by atoms with Gasteiger partial charge in [0.1, 0.15) is 0 Å². The van der Waals surface area contributed by atoms with Gasteiger partial charge in [0.15, 0.2) is 0 Å². The Hall–Kier alpha value is -0.230. The first-order chi connectivity index (χ1) is 8.93. The second-order valence-corrected chi connectivity index (χ2v) is 5.57. The zero-order valence-corrected chi connectivity index (χ0v) is 14.9. The summed E-state index contributed by atoms with van der Waals surface area (Å²) in [6.07, 6.45) is 6.51. The number of hydrogen-bond acceptors (Lipinski definition) is 3. The molecule has 0 aliphatic rings. The van der Waals surface area contributed by atoms with Crippen molar-refractivity contribution in [3.8, 4) is 0 Å². The predicted octanol–water partition coefficient (Wildman–Crippen LogP) is 3.24. The van der Waals surface area contributed by atoms with Crippen molar-refractivity contribution in [3.05, 3.63) is 0 Å². The summed E-state index contributed by atoms with van der Waals surface area (Å²) in [5.74, 6) is 0. The molecule has 0 saturated heterocycles. The molecule has 0 saturated carbocycles. The maximum atomic E-state index is 11.0. The molecular formula is C14H33Cl2N3O2. The van der Waals surface area contributed by atoms with Gasteiger partial charge in [-0.05, 0) is 33.1 Å². The fraction of sp³-hybridized carbons (Fsp3) is 0.929. The largest absolute Gasteiger partial charge is 0.465 e. The number of nitrogens with zero attached hydrogens (tertiary/aromatic N) is 1. The van der Waals surface area contributed by atoms with Crippen LogP contribution in [0.2, 0.25) is 0 Å². The Balaban J connectivity index is -0.00000162. The highest BCUT2D eigenvalue weighted by atomic mass is 35.5. The van der Waals surface area contributed by atoms with Gasteiger partial charge in [0.25, 0.3) is 0 Å². The Kier molecular flexibility index (Phi) is 19.8. The molecular weight excluding hydrogens is 313 g/mol. The molecule has 0 rings (SSSR count). The van der Waals surface area contributed by atoms with Crippen LogP contribution in [0.4, 0.5) is 4.79 Å². The normalized spacial score (nSPS) is 12.8. The average Bonchev–Trinajstić information content (AvgIpc) is 2.30. The van der Waals surface area contributed by atoms with Gasteiger partial charge >= 0.3 is 6.09 Å². The number of carboxylic acid groups (broad SMARTS) is 1. The Morgan fingerprint density at radius 2 is 1.38 bits per heavy atom. The predicted molar refractivity (Wildman–Crippen MR) is 93.7 cm³/mol. The summed E-state index contributed by atoms with van der Waals surface area (Å²) in [5, 5.41) is 9.06. The van der Waals surface area contributed by atoms with E-state index in [-0.39, 0.29) is 30.9 Å². The minimum Gasteiger partial charge on any atom is -0.465 e. The van der Waals surface area contributed by atoms with E-state index in [4.69, 9.17) is 16.6 Å². The van der Waals surface area contributed by atoms with Crippen LogP contribution in [0, 0.1) is 0 Å². The lowest BCUT2D eigenvalue weighted by atomic mass is 10.1. The first kappa shape index (κ1) is 25.7. The van der Waals surface area contributed by atoms with Crippen LogP contribution in [0.25, 0.3) is 0 Å². The second-order valence-electron chi connectivity index (χ2n) is 5.57. The van der Waals surface area contributed by atoms with Crippen LogP contribution in [0.3, 0.4) is 0 Å². The Bertz CT molecular complexity index is 242. The molecule has 0 aliphatic heterocycles. The molecule has 2 unspecified atom stereocenters. The highest BCUT2D eigenvalue weighted by Crippen LogP contribution is 2.08. The topological polar surface area (TPSA) is 92.6 Å². The van der Waals surface area contributed by atoms with E-state index < -0.39 is 6.09 Å². The molecule has 2 atom stereocenters. The van der Waals surface area contributed by atoms with E-state index in [1.807, 2.05) is 13.8 Å². The molecule has 0 spiro atoms. The van der Waals surface area contributed by atoms with E-state index in [0.29, 0.717) is 19.1 Å². The molecule has 0 bridgehead atoms. The monoisotopic (exact) mass is 345 g/mol. The highest BCUT2D eigenvalue weighted by Gasteiger charge is 2.11. The van der Waals surface area contributed by atoms with Gasteiger partial charge in [0.05, 0.1) is 0 Å². The van der Waals surface area contributed by atoms with Gasteiger partial charge in [-0.2, -0.15) is 0 Å². The summed E-state index contributed by atoms with van der Waals surface area (Å²) < 4.78 is 0. The lowest BCUT2D eigenvalue weighted by Crippen LogP contribution is -2.34. The van der Waals surface area contributed by atoms with E-state index >= 15 is 0 Å². The van der Waals surface area contributed by atoms with Crippen molar-refractivity contribution in [3.63, 3.8) is 0 Å². The van der Waals surface area contributed by atoms with Crippen LogP contribution in [0.5, 0.6) is 0 Å². The zero-order valence-electron chi connectivity index (χ0n) is 13.3. The lowest BCUT2D eigenvalue weighted by Gasteiger charge is -2.20. The van der Waals surface area contributed by atoms with E-state index in [1.54, 1.807) is 0 Å². The number of rotatable bonds is 11. The summed E-state index contributed by atoms with van der Waals surface area (Å²) in [7, 11) is 0. The number of amides is 1. The molecule has 0 aliphatic carbocycles. The maximum absolute atomic E-state index is 11.0. The summed E-state index contributed by atoms with van der Waals surface area (Å²) in [5.41, 5.74) is 11.3. The number of carbonyl (C=O) groups is 1. The minimum absolute atomic E-state index is 0.